The molecule has 11 nitrogen and oxygen atoms in total. The molecule has 206 valence electrons. The van der Waals surface area contributed by atoms with Crippen LogP contribution in [-0.2, 0) is 14.8 Å². The van der Waals surface area contributed by atoms with Crippen LogP contribution in [0.25, 0.3) is 5.69 Å². The topological polar surface area (TPSA) is 130 Å². The molecule has 0 bridgehead atoms. The van der Waals surface area contributed by atoms with E-state index in [0.717, 1.165) is 24.8 Å². The second-order valence-corrected chi connectivity index (χ2v) is 11.0. The lowest BCUT2D eigenvalue weighted by Crippen LogP contribution is -2.34. The van der Waals surface area contributed by atoms with Crippen LogP contribution < -0.4 is 14.2 Å². The minimum Gasteiger partial charge on any atom is -0.494 e. The molecule has 4 rings (SSSR count). The maximum atomic E-state index is 13.6. The maximum Gasteiger partial charge on any atom is 0.261 e. The average molecular weight is 553 g/mol. The van der Waals surface area contributed by atoms with Crippen molar-refractivity contribution in [1.29, 1.82) is 0 Å². The van der Waals surface area contributed by atoms with E-state index in [9.17, 15) is 17.2 Å². The summed E-state index contributed by atoms with van der Waals surface area (Å²) in [5.41, 5.74) is 1.15. The van der Waals surface area contributed by atoms with E-state index in [-0.39, 0.29) is 17.7 Å². The van der Waals surface area contributed by atoms with E-state index < -0.39 is 34.4 Å². The third-order valence-electron chi connectivity index (χ3n) is 6.39. The number of rotatable bonds is 12. The zero-order chi connectivity index (χ0) is 27.4. The molecule has 1 N–H and O–H groups in total. The number of sulfonamides is 1. The van der Waals surface area contributed by atoms with Crippen molar-refractivity contribution in [3.8, 4) is 17.2 Å². The van der Waals surface area contributed by atoms with E-state index >= 15 is 0 Å². The van der Waals surface area contributed by atoms with Crippen LogP contribution in [0.5, 0.6) is 11.5 Å². The van der Waals surface area contributed by atoms with E-state index in [0.29, 0.717) is 23.0 Å². The van der Waals surface area contributed by atoms with Gasteiger partial charge in [0.15, 0.2) is 5.82 Å². The highest BCUT2D eigenvalue weighted by Crippen LogP contribution is 2.42. The van der Waals surface area contributed by atoms with Crippen LogP contribution in [-0.4, -0.2) is 65.7 Å². The quantitative estimate of drug-likeness (QED) is 0.356. The Labute approximate surface area is 219 Å². The smallest absolute Gasteiger partial charge is 0.261 e. The zero-order valence-electron chi connectivity index (χ0n) is 21.5. The number of nitrogens with zero attached hydrogens (tertiary/aromatic N) is 5. The lowest BCUT2D eigenvalue weighted by Gasteiger charge is -2.27. The number of ether oxygens (including phenoxy) is 3. The third kappa shape index (κ3) is 5.70. The normalized spacial score (nSPS) is 15.7. The Morgan fingerprint density at radius 1 is 1.11 bits per heavy atom. The van der Waals surface area contributed by atoms with Gasteiger partial charge in [0.25, 0.3) is 6.43 Å². The Morgan fingerprint density at radius 2 is 1.74 bits per heavy atom. The first-order chi connectivity index (χ1) is 18.2. The van der Waals surface area contributed by atoms with E-state index in [1.165, 1.54) is 33.5 Å². The van der Waals surface area contributed by atoms with Crippen LogP contribution in [0, 0.1) is 6.92 Å². The average Bonchev–Trinajstić information content (AvgIpc) is 3.24. The van der Waals surface area contributed by atoms with E-state index in [2.05, 4.69) is 24.9 Å². The summed E-state index contributed by atoms with van der Waals surface area (Å²) in [5.74, 6) is 1.33. The van der Waals surface area contributed by atoms with Crippen molar-refractivity contribution < 1.29 is 31.4 Å². The molecule has 0 aliphatic heterocycles. The molecule has 0 saturated heterocycles. The number of halogens is 2. The Hall–Kier alpha value is -3.39. The number of benzene rings is 1. The molecule has 1 aliphatic carbocycles. The predicted octanol–water partition coefficient (Wildman–Crippen LogP) is 3.80. The monoisotopic (exact) mass is 552 g/mol. The SMILES string of the molecule is COc1cccc(OC)c1-n1c(NS(=O)(=O)C(C)C(OCC(F)F)c2ncc(C)cn2)nnc1C1CCC1. The number of aromatic nitrogens is 5. The van der Waals surface area contributed by atoms with Gasteiger partial charge in [0, 0.05) is 18.3 Å². The fraction of sp³-hybridized carbons (Fsp3) is 0.500. The summed E-state index contributed by atoms with van der Waals surface area (Å²) in [6.45, 7) is 2.10. The molecule has 38 heavy (non-hydrogen) atoms. The number of aryl methyl sites for hydroxylation is 1. The molecular weight excluding hydrogens is 522 g/mol. The zero-order valence-corrected chi connectivity index (χ0v) is 22.3. The van der Waals surface area contributed by atoms with Gasteiger partial charge in [-0.05, 0) is 44.4 Å². The van der Waals surface area contributed by atoms with Gasteiger partial charge < -0.3 is 14.2 Å². The highest BCUT2D eigenvalue weighted by atomic mass is 32.2. The molecule has 1 fully saturated rings. The van der Waals surface area contributed by atoms with E-state index in [4.69, 9.17) is 14.2 Å². The lowest BCUT2D eigenvalue weighted by molar-refractivity contribution is -0.0283. The molecule has 2 unspecified atom stereocenters. The molecular formula is C24H30F2N6O5S. The van der Waals surface area contributed by atoms with E-state index in [1.807, 2.05) is 0 Å². The molecule has 3 aromatic rings. The van der Waals surface area contributed by atoms with E-state index in [1.54, 1.807) is 29.7 Å². The fourth-order valence-corrected chi connectivity index (χ4v) is 5.19. The van der Waals surface area contributed by atoms with Crippen molar-refractivity contribution in [2.75, 3.05) is 25.5 Å². The van der Waals surface area contributed by atoms with Crippen molar-refractivity contribution in [3.63, 3.8) is 0 Å². The second-order valence-electron chi connectivity index (χ2n) is 8.97. The van der Waals surface area contributed by atoms with Crippen LogP contribution in [0.2, 0.25) is 0 Å². The maximum absolute atomic E-state index is 13.6. The molecule has 2 heterocycles. The van der Waals surface area contributed by atoms with Gasteiger partial charge in [-0.1, -0.05) is 12.5 Å². The minimum absolute atomic E-state index is 0.0304. The molecule has 2 atom stereocenters. The first-order valence-electron chi connectivity index (χ1n) is 12.0. The molecule has 2 aromatic heterocycles. The largest absolute Gasteiger partial charge is 0.494 e. The number of nitrogens with one attached hydrogen (secondary N) is 1. The van der Waals surface area contributed by atoms with Crippen LogP contribution in [0.15, 0.2) is 30.6 Å². The Morgan fingerprint density at radius 3 is 2.26 bits per heavy atom. The Balaban J connectivity index is 1.75. The van der Waals surface area contributed by atoms with Crippen molar-refractivity contribution >= 4 is 16.0 Å². The second kappa shape index (κ2) is 11.6. The van der Waals surface area contributed by atoms with Crippen molar-refractivity contribution in [2.24, 2.45) is 0 Å². The van der Waals surface area contributed by atoms with Gasteiger partial charge in [0.1, 0.15) is 41.0 Å². The van der Waals surface area contributed by atoms with Gasteiger partial charge in [0.2, 0.25) is 16.0 Å². The summed E-state index contributed by atoms with van der Waals surface area (Å²) >= 11 is 0. The Kier molecular flexibility index (Phi) is 8.41. The number of alkyl halides is 2. The molecule has 0 spiro atoms. The summed E-state index contributed by atoms with van der Waals surface area (Å²) in [6, 6.07) is 5.17. The number of para-hydroxylation sites is 1. The number of methoxy groups -OCH3 is 2. The van der Waals surface area contributed by atoms with Gasteiger partial charge in [-0.2, -0.15) is 0 Å². The first-order valence-corrected chi connectivity index (χ1v) is 13.6. The van der Waals surface area contributed by atoms with Crippen LogP contribution in [0.1, 0.15) is 55.4 Å². The van der Waals surface area contributed by atoms with Gasteiger partial charge in [-0.25, -0.2) is 27.2 Å². The van der Waals surface area contributed by atoms with Crippen LogP contribution in [0.3, 0.4) is 0 Å². The number of anilines is 1. The summed E-state index contributed by atoms with van der Waals surface area (Å²) in [4.78, 5) is 8.23. The minimum atomic E-state index is -4.29. The first kappa shape index (κ1) is 27.6. The fourth-order valence-electron chi connectivity index (χ4n) is 4.09. The van der Waals surface area contributed by atoms with Crippen molar-refractivity contribution in [3.05, 3.63) is 47.8 Å². The number of hydrogen-bond acceptors (Lipinski definition) is 9. The lowest BCUT2D eigenvalue weighted by atomic mass is 9.85. The van der Waals surface area contributed by atoms with Gasteiger partial charge >= 0.3 is 0 Å². The van der Waals surface area contributed by atoms with Crippen molar-refractivity contribution in [1.82, 2.24) is 24.7 Å². The molecule has 0 amide bonds. The molecule has 1 aromatic carbocycles. The standard InChI is InChI=1S/C24H30F2N6O5S/c1-14-11-27-22(28-12-14)21(37-13-19(25)26)15(2)38(33,34)31-24-30-29-23(16-7-5-8-16)32(24)20-17(35-3)9-6-10-18(20)36-4/h6,9-12,15-16,19,21H,5,7-8,13H2,1-4H3,(H,30,31). The summed E-state index contributed by atoms with van der Waals surface area (Å²) < 4.78 is 73.7. The van der Waals surface area contributed by atoms with Gasteiger partial charge in [-0.3, -0.25) is 9.29 Å². The highest BCUT2D eigenvalue weighted by Gasteiger charge is 2.37. The molecule has 0 radical (unpaired) electrons. The molecule has 1 aliphatic rings. The van der Waals surface area contributed by atoms with Gasteiger partial charge in [0.05, 0.1) is 14.2 Å². The van der Waals surface area contributed by atoms with Crippen LogP contribution >= 0.6 is 0 Å². The summed E-state index contributed by atoms with van der Waals surface area (Å²) in [5, 5.41) is 7.08. The van der Waals surface area contributed by atoms with Crippen LogP contribution in [0.4, 0.5) is 14.7 Å². The molecule has 14 heteroatoms. The van der Waals surface area contributed by atoms with Crippen molar-refractivity contribution in [2.45, 2.75) is 56.8 Å². The predicted molar refractivity (Wildman–Crippen MR) is 135 cm³/mol. The number of hydrogen-bond donors (Lipinski definition) is 1. The molecule has 1 saturated carbocycles. The third-order valence-corrected chi connectivity index (χ3v) is 8.08. The van der Waals surface area contributed by atoms with Gasteiger partial charge in [-0.15, -0.1) is 10.2 Å². The summed E-state index contributed by atoms with van der Waals surface area (Å²) in [6.07, 6.45) is 1.49. The Bertz CT molecular complexity index is 1330. The summed E-state index contributed by atoms with van der Waals surface area (Å²) in [7, 11) is -1.31. The highest BCUT2D eigenvalue weighted by molar-refractivity contribution is 7.93.